The molecule has 0 bridgehead atoms. The third-order valence-electron chi connectivity index (χ3n) is 3.08. The van der Waals surface area contributed by atoms with E-state index in [1.807, 2.05) is 30.3 Å². The van der Waals surface area contributed by atoms with Gasteiger partial charge in [0.15, 0.2) is 5.78 Å². The molecule has 0 heterocycles. The Labute approximate surface area is 88.9 Å². The molecule has 1 aliphatic rings. The van der Waals surface area contributed by atoms with E-state index in [-0.39, 0.29) is 5.78 Å². The second kappa shape index (κ2) is 3.76. The fourth-order valence-corrected chi connectivity index (χ4v) is 2.15. The monoisotopic (exact) mass is 205 g/mol. The van der Waals surface area contributed by atoms with Crippen LogP contribution in [0.3, 0.4) is 0 Å². The summed E-state index contributed by atoms with van der Waals surface area (Å²) in [4.78, 5) is 11.9. The Morgan fingerprint density at radius 2 is 2.00 bits per heavy atom. The lowest BCUT2D eigenvalue weighted by atomic mass is 9.75. The molecule has 0 aliphatic heterocycles. The van der Waals surface area contributed by atoms with Crippen LogP contribution in [-0.4, -0.2) is 17.0 Å². The molecule has 1 aromatic carbocycles. The van der Waals surface area contributed by atoms with Gasteiger partial charge in [-0.1, -0.05) is 30.3 Å². The van der Waals surface area contributed by atoms with Crippen LogP contribution in [0.15, 0.2) is 30.3 Å². The molecule has 3 nitrogen and oxygen atoms in total. The first-order valence-electron chi connectivity index (χ1n) is 5.21. The third-order valence-corrected chi connectivity index (χ3v) is 3.08. The van der Waals surface area contributed by atoms with Crippen molar-refractivity contribution in [3.63, 3.8) is 0 Å². The predicted molar refractivity (Wildman–Crippen MR) is 57.2 cm³/mol. The zero-order chi connectivity index (χ0) is 10.9. The molecule has 1 aliphatic carbocycles. The molecular formula is C12H15NO2. The maximum absolute atomic E-state index is 11.9. The predicted octanol–water partition coefficient (Wildman–Crippen LogP) is 0.955. The van der Waals surface area contributed by atoms with Crippen LogP contribution in [0.4, 0.5) is 0 Å². The smallest absolute Gasteiger partial charge is 0.185 e. The highest BCUT2D eigenvalue weighted by Gasteiger charge is 2.42. The van der Waals surface area contributed by atoms with Crippen LogP contribution in [0.2, 0.25) is 0 Å². The first kappa shape index (κ1) is 10.3. The van der Waals surface area contributed by atoms with Gasteiger partial charge in [-0.25, -0.2) is 0 Å². The summed E-state index contributed by atoms with van der Waals surface area (Å²) < 4.78 is 0. The van der Waals surface area contributed by atoms with E-state index in [9.17, 15) is 9.90 Å². The zero-order valence-electron chi connectivity index (χ0n) is 8.52. The lowest BCUT2D eigenvalue weighted by Crippen LogP contribution is -2.52. The second-order valence-electron chi connectivity index (χ2n) is 4.11. The number of carbonyl (C=O) groups is 1. The molecule has 2 rings (SSSR count). The van der Waals surface area contributed by atoms with Gasteiger partial charge in [0.2, 0.25) is 0 Å². The minimum Gasteiger partial charge on any atom is -0.385 e. The highest BCUT2D eigenvalue weighted by Crippen LogP contribution is 2.31. The van der Waals surface area contributed by atoms with Gasteiger partial charge in [-0.3, -0.25) is 4.79 Å². The molecule has 2 atom stereocenters. The molecular weight excluding hydrogens is 190 g/mol. The summed E-state index contributed by atoms with van der Waals surface area (Å²) in [6, 6.07) is 9.29. The summed E-state index contributed by atoms with van der Waals surface area (Å²) in [6.45, 7) is 0. The van der Waals surface area contributed by atoms with E-state index in [0.717, 1.165) is 12.0 Å². The molecule has 15 heavy (non-hydrogen) atoms. The SMILES string of the molecule is NC1(c2ccccc2)CCC[C@H](O)C1=O. The number of benzene rings is 1. The standard InChI is InChI=1S/C12H15NO2/c13-12(9-5-2-1-3-6-9)8-4-7-10(14)11(12)15/h1-3,5-6,10,14H,4,7-8,13H2/t10-,12?/m0/s1. The van der Waals surface area contributed by atoms with E-state index in [2.05, 4.69) is 0 Å². The average molecular weight is 205 g/mol. The number of carbonyl (C=O) groups excluding carboxylic acids is 1. The van der Waals surface area contributed by atoms with Gasteiger partial charge < -0.3 is 10.8 Å². The van der Waals surface area contributed by atoms with E-state index in [1.54, 1.807) is 0 Å². The summed E-state index contributed by atoms with van der Waals surface area (Å²) in [5.41, 5.74) is 5.92. The van der Waals surface area contributed by atoms with Crippen LogP contribution in [-0.2, 0) is 10.3 Å². The maximum Gasteiger partial charge on any atom is 0.185 e. The summed E-state index contributed by atoms with van der Waals surface area (Å²) in [5, 5.41) is 9.55. The van der Waals surface area contributed by atoms with Gasteiger partial charge >= 0.3 is 0 Å². The molecule has 0 aromatic heterocycles. The Bertz CT molecular complexity index is 363. The lowest BCUT2D eigenvalue weighted by molar-refractivity contribution is -0.136. The third kappa shape index (κ3) is 1.68. The largest absolute Gasteiger partial charge is 0.385 e. The number of Topliss-reactive ketones (excluding diaryl/α,β-unsaturated/α-hetero) is 1. The van der Waals surface area contributed by atoms with E-state index in [1.165, 1.54) is 0 Å². The van der Waals surface area contributed by atoms with Crippen molar-refractivity contribution in [3.8, 4) is 0 Å². The van der Waals surface area contributed by atoms with Crippen molar-refractivity contribution in [2.24, 2.45) is 5.73 Å². The molecule has 3 N–H and O–H groups in total. The van der Waals surface area contributed by atoms with Crippen molar-refractivity contribution in [2.45, 2.75) is 30.9 Å². The Kier molecular flexibility index (Phi) is 2.59. The number of nitrogens with two attached hydrogens (primary N) is 1. The molecule has 0 spiro atoms. The van der Waals surface area contributed by atoms with Crippen LogP contribution in [0, 0.1) is 0 Å². The maximum atomic E-state index is 11.9. The number of ketones is 1. The van der Waals surface area contributed by atoms with E-state index >= 15 is 0 Å². The number of aliphatic hydroxyl groups excluding tert-OH is 1. The van der Waals surface area contributed by atoms with Crippen LogP contribution < -0.4 is 5.73 Å². The first-order valence-corrected chi connectivity index (χ1v) is 5.21. The molecule has 1 aromatic rings. The molecule has 0 radical (unpaired) electrons. The van der Waals surface area contributed by atoms with Crippen molar-refractivity contribution in [2.75, 3.05) is 0 Å². The van der Waals surface area contributed by atoms with Crippen molar-refractivity contribution >= 4 is 5.78 Å². The average Bonchev–Trinajstić information content (AvgIpc) is 2.27. The fraction of sp³-hybridized carbons (Fsp3) is 0.417. The van der Waals surface area contributed by atoms with E-state index in [0.29, 0.717) is 12.8 Å². The van der Waals surface area contributed by atoms with Crippen LogP contribution in [0.1, 0.15) is 24.8 Å². The van der Waals surface area contributed by atoms with Gasteiger partial charge in [-0.2, -0.15) is 0 Å². The van der Waals surface area contributed by atoms with Crippen LogP contribution in [0.25, 0.3) is 0 Å². The summed E-state index contributed by atoms with van der Waals surface area (Å²) in [7, 11) is 0. The zero-order valence-corrected chi connectivity index (χ0v) is 8.52. The number of hydrogen-bond acceptors (Lipinski definition) is 3. The molecule has 3 heteroatoms. The van der Waals surface area contributed by atoms with Gasteiger partial charge in [0.25, 0.3) is 0 Å². The summed E-state index contributed by atoms with van der Waals surface area (Å²) in [6.07, 6.45) is 1.04. The van der Waals surface area contributed by atoms with Gasteiger partial charge in [0.05, 0.1) is 0 Å². The molecule has 1 unspecified atom stereocenters. The second-order valence-corrected chi connectivity index (χ2v) is 4.11. The Morgan fingerprint density at radius 3 is 2.67 bits per heavy atom. The van der Waals surface area contributed by atoms with E-state index < -0.39 is 11.6 Å². The molecule has 0 saturated heterocycles. The number of rotatable bonds is 1. The fourth-order valence-electron chi connectivity index (χ4n) is 2.15. The summed E-state index contributed by atoms with van der Waals surface area (Å²) >= 11 is 0. The topological polar surface area (TPSA) is 63.3 Å². The Hall–Kier alpha value is -1.19. The number of aliphatic hydroxyl groups is 1. The molecule has 1 saturated carbocycles. The minimum absolute atomic E-state index is 0.250. The highest BCUT2D eigenvalue weighted by atomic mass is 16.3. The van der Waals surface area contributed by atoms with Crippen molar-refractivity contribution in [1.82, 2.24) is 0 Å². The van der Waals surface area contributed by atoms with Gasteiger partial charge in [0, 0.05) is 0 Å². The van der Waals surface area contributed by atoms with Crippen LogP contribution >= 0.6 is 0 Å². The normalized spacial score (nSPS) is 31.6. The van der Waals surface area contributed by atoms with Gasteiger partial charge in [-0.15, -0.1) is 0 Å². The quantitative estimate of drug-likeness (QED) is 0.717. The summed E-state index contributed by atoms with van der Waals surface area (Å²) in [5.74, 6) is -0.250. The van der Waals surface area contributed by atoms with Crippen LogP contribution in [0.5, 0.6) is 0 Å². The van der Waals surface area contributed by atoms with E-state index in [4.69, 9.17) is 5.73 Å². The van der Waals surface area contributed by atoms with Gasteiger partial charge in [-0.05, 0) is 24.8 Å². The lowest BCUT2D eigenvalue weighted by Gasteiger charge is -2.34. The molecule has 1 fully saturated rings. The molecule has 0 amide bonds. The number of hydrogen-bond donors (Lipinski definition) is 2. The van der Waals surface area contributed by atoms with Crippen molar-refractivity contribution in [1.29, 1.82) is 0 Å². The van der Waals surface area contributed by atoms with Crippen molar-refractivity contribution < 1.29 is 9.90 Å². The first-order chi connectivity index (χ1) is 7.14. The minimum atomic E-state index is -0.987. The van der Waals surface area contributed by atoms with Crippen molar-refractivity contribution in [3.05, 3.63) is 35.9 Å². The Morgan fingerprint density at radius 1 is 1.33 bits per heavy atom. The molecule has 80 valence electrons. The highest BCUT2D eigenvalue weighted by molar-refractivity contribution is 5.93. The van der Waals surface area contributed by atoms with Gasteiger partial charge in [0.1, 0.15) is 11.6 Å². The Balaban J connectivity index is 2.37.